The molecule has 3 nitrogen and oxygen atoms in total. The predicted octanol–water partition coefficient (Wildman–Crippen LogP) is 2.74. The van der Waals surface area contributed by atoms with Crippen molar-refractivity contribution >= 4 is 0 Å². The van der Waals surface area contributed by atoms with Crippen molar-refractivity contribution in [2.24, 2.45) is 0 Å². The zero-order chi connectivity index (χ0) is 14.5. The molecular weight excluding hydrogens is 262 g/mol. The number of pyridine rings is 1. The van der Waals surface area contributed by atoms with Gasteiger partial charge in [0.25, 0.3) is 0 Å². The molecule has 2 N–H and O–H groups in total. The molecule has 20 heavy (non-hydrogen) atoms. The minimum absolute atomic E-state index is 0.267. The molecule has 106 valence electrons. The number of hydrogen-bond acceptors (Lipinski definition) is 3. The van der Waals surface area contributed by atoms with E-state index in [9.17, 15) is 13.9 Å². The molecule has 2 aromatic rings. The molecule has 0 radical (unpaired) electrons. The quantitative estimate of drug-likeness (QED) is 0.884. The van der Waals surface area contributed by atoms with Gasteiger partial charge in [0.15, 0.2) is 0 Å². The Morgan fingerprint density at radius 2 is 1.70 bits per heavy atom. The summed E-state index contributed by atoms with van der Waals surface area (Å²) >= 11 is 0. The number of hydrogen-bond donors (Lipinski definition) is 2. The topological polar surface area (TPSA) is 45.1 Å². The molecule has 0 spiro atoms. The van der Waals surface area contributed by atoms with Crippen molar-refractivity contribution in [3.05, 3.63) is 65.5 Å². The van der Waals surface area contributed by atoms with Gasteiger partial charge >= 0.3 is 0 Å². The lowest BCUT2D eigenvalue weighted by atomic mass is 10.1. The Labute approximate surface area is 116 Å². The number of benzene rings is 1. The lowest BCUT2D eigenvalue weighted by Gasteiger charge is -2.18. The fourth-order valence-corrected chi connectivity index (χ4v) is 1.93. The molecule has 0 aliphatic carbocycles. The summed E-state index contributed by atoms with van der Waals surface area (Å²) < 4.78 is 26.3. The van der Waals surface area contributed by atoms with E-state index in [2.05, 4.69) is 10.3 Å². The second kappa shape index (κ2) is 6.54. The van der Waals surface area contributed by atoms with Crippen LogP contribution in [0.5, 0.6) is 0 Å². The van der Waals surface area contributed by atoms with Crippen LogP contribution in [-0.2, 0) is 0 Å². The number of halogens is 2. The van der Waals surface area contributed by atoms with E-state index in [0.717, 1.165) is 11.6 Å². The van der Waals surface area contributed by atoms with Crippen molar-refractivity contribution in [2.75, 3.05) is 6.54 Å². The summed E-state index contributed by atoms with van der Waals surface area (Å²) in [4.78, 5) is 3.88. The summed E-state index contributed by atoms with van der Waals surface area (Å²) in [5.41, 5.74) is 1.24. The highest BCUT2D eigenvalue weighted by Crippen LogP contribution is 2.17. The average molecular weight is 278 g/mol. The lowest BCUT2D eigenvalue weighted by molar-refractivity contribution is 0.170. The Morgan fingerprint density at radius 1 is 1.10 bits per heavy atom. The monoisotopic (exact) mass is 278 g/mol. The largest absolute Gasteiger partial charge is 0.387 e. The summed E-state index contributed by atoms with van der Waals surface area (Å²) in [5.74, 6) is -1.22. The highest BCUT2D eigenvalue weighted by atomic mass is 19.1. The van der Waals surface area contributed by atoms with Gasteiger partial charge in [-0.1, -0.05) is 0 Å². The molecule has 1 aromatic carbocycles. The molecule has 2 rings (SSSR count). The van der Waals surface area contributed by atoms with Crippen molar-refractivity contribution in [3.8, 4) is 0 Å². The molecule has 2 atom stereocenters. The van der Waals surface area contributed by atoms with E-state index in [-0.39, 0.29) is 12.6 Å². The summed E-state index contributed by atoms with van der Waals surface area (Å²) in [6.45, 7) is 2.07. The number of nitrogens with one attached hydrogen (secondary N) is 1. The summed E-state index contributed by atoms with van der Waals surface area (Å²) in [6, 6.07) is 6.57. The first-order valence-corrected chi connectivity index (χ1v) is 6.33. The zero-order valence-electron chi connectivity index (χ0n) is 11.1. The van der Waals surface area contributed by atoms with E-state index in [0.29, 0.717) is 5.56 Å². The Morgan fingerprint density at radius 3 is 2.30 bits per heavy atom. The van der Waals surface area contributed by atoms with Gasteiger partial charge in [-0.15, -0.1) is 0 Å². The number of aliphatic hydroxyl groups excluding tert-OH is 1. The fourth-order valence-electron chi connectivity index (χ4n) is 1.93. The summed E-state index contributed by atoms with van der Waals surface area (Å²) in [7, 11) is 0. The summed E-state index contributed by atoms with van der Waals surface area (Å²) in [6.07, 6.45) is 2.51. The Balaban J connectivity index is 1.96. The molecule has 0 unspecified atom stereocenters. The van der Waals surface area contributed by atoms with Gasteiger partial charge in [-0.25, -0.2) is 8.78 Å². The maximum Gasteiger partial charge on any atom is 0.126 e. The van der Waals surface area contributed by atoms with Gasteiger partial charge in [-0.2, -0.15) is 0 Å². The van der Waals surface area contributed by atoms with Gasteiger partial charge in [0.2, 0.25) is 0 Å². The van der Waals surface area contributed by atoms with Gasteiger partial charge in [0.05, 0.1) is 6.10 Å². The highest BCUT2D eigenvalue weighted by Gasteiger charge is 2.12. The maximum atomic E-state index is 13.1. The first-order chi connectivity index (χ1) is 9.56. The first kappa shape index (κ1) is 14.6. The van der Waals surface area contributed by atoms with E-state index in [4.69, 9.17) is 0 Å². The van der Waals surface area contributed by atoms with Crippen LogP contribution in [-0.4, -0.2) is 16.6 Å². The van der Waals surface area contributed by atoms with Crippen LogP contribution in [0.25, 0.3) is 0 Å². The standard InChI is InChI=1S/C15H16F2N2O/c1-10(12-6-13(16)8-14(17)7-12)19-9-15(20)11-2-4-18-5-3-11/h2-8,10,15,19-20H,9H2,1H3/t10-,15-/m1/s1. The van der Waals surface area contributed by atoms with Gasteiger partial charge in [0, 0.05) is 31.0 Å². The van der Waals surface area contributed by atoms with Gasteiger partial charge in [-0.3, -0.25) is 4.98 Å². The van der Waals surface area contributed by atoms with Crippen molar-refractivity contribution in [3.63, 3.8) is 0 Å². The van der Waals surface area contributed by atoms with E-state index in [1.165, 1.54) is 12.1 Å². The van der Waals surface area contributed by atoms with Gasteiger partial charge in [0.1, 0.15) is 11.6 Å². The highest BCUT2D eigenvalue weighted by molar-refractivity contribution is 5.21. The van der Waals surface area contributed by atoms with Crippen LogP contribution in [0.3, 0.4) is 0 Å². The summed E-state index contributed by atoms with van der Waals surface area (Å²) in [5, 5.41) is 13.0. The average Bonchev–Trinajstić information content (AvgIpc) is 2.44. The van der Waals surface area contributed by atoms with Crippen molar-refractivity contribution < 1.29 is 13.9 Å². The third-order valence-corrected chi connectivity index (χ3v) is 3.09. The normalized spacial score (nSPS) is 14.0. The smallest absolute Gasteiger partial charge is 0.126 e. The molecular formula is C15H16F2N2O. The maximum absolute atomic E-state index is 13.1. The van der Waals surface area contributed by atoms with Crippen LogP contribution >= 0.6 is 0 Å². The number of aromatic nitrogens is 1. The second-order valence-electron chi connectivity index (χ2n) is 4.63. The SMILES string of the molecule is C[C@@H](NC[C@@H](O)c1ccncc1)c1cc(F)cc(F)c1. The van der Waals surface area contributed by atoms with Gasteiger partial charge in [-0.05, 0) is 42.3 Å². The number of aliphatic hydroxyl groups is 1. The van der Waals surface area contributed by atoms with Gasteiger partial charge < -0.3 is 10.4 Å². The van der Waals surface area contributed by atoms with E-state index in [1.807, 2.05) is 0 Å². The first-order valence-electron chi connectivity index (χ1n) is 6.33. The Bertz CT molecular complexity index is 543. The zero-order valence-corrected chi connectivity index (χ0v) is 11.1. The molecule has 0 saturated heterocycles. The van der Waals surface area contributed by atoms with Crippen LogP contribution in [0.2, 0.25) is 0 Å². The van der Waals surface area contributed by atoms with E-state index in [1.54, 1.807) is 31.5 Å². The number of rotatable bonds is 5. The fraction of sp³-hybridized carbons (Fsp3) is 0.267. The van der Waals surface area contributed by atoms with Crippen LogP contribution in [0.4, 0.5) is 8.78 Å². The van der Waals surface area contributed by atoms with Crippen molar-refractivity contribution in [1.82, 2.24) is 10.3 Å². The second-order valence-corrected chi connectivity index (χ2v) is 4.63. The third-order valence-electron chi connectivity index (χ3n) is 3.09. The molecule has 1 heterocycles. The molecule has 0 aliphatic rings. The molecule has 0 amide bonds. The van der Waals surface area contributed by atoms with Crippen LogP contribution in [0.15, 0.2) is 42.7 Å². The molecule has 0 bridgehead atoms. The molecule has 1 aromatic heterocycles. The lowest BCUT2D eigenvalue weighted by Crippen LogP contribution is -2.24. The minimum atomic E-state index is -0.696. The molecule has 0 aliphatic heterocycles. The minimum Gasteiger partial charge on any atom is -0.387 e. The van der Waals surface area contributed by atoms with Crippen molar-refractivity contribution in [1.29, 1.82) is 0 Å². The van der Waals surface area contributed by atoms with Crippen LogP contribution in [0, 0.1) is 11.6 Å². The van der Waals surface area contributed by atoms with E-state index >= 15 is 0 Å². The predicted molar refractivity (Wildman–Crippen MR) is 72.0 cm³/mol. The Kier molecular flexibility index (Phi) is 4.76. The van der Waals surface area contributed by atoms with Crippen LogP contribution < -0.4 is 5.32 Å². The third kappa shape index (κ3) is 3.82. The van der Waals surface area contributed by atoms with E-state index < -0.39 is 17.7 Å². The van der Waals surface area contributed by atoms with Crippen LogP contribution in [0.1, 0.15) is 30.2 Å². The Hall–Kier alpha value is -1.85. The molecule has 0 fully saturated rings. The van der Waals surface area contributed by atoms with Crippen molar-refractivity contribution in [2.45, 2.75) is 19.1 Å². The molecule has 0 saturated carbocycles. The number of nitrogens with zero attached hydrogens (tertiary/aromatic N) is 1. The molecule has 5 heteroatoms.